The summed E-state index contributed by atoms with van der Waals surface area (Å²) in [6.07, 6.45) is 0. The number of carbonyl (C=O) groups is 2. The first-order valence-electron chi connectivity index (χ1n) is 11.1. The third kappa shape index (κ3) is 4.40. The van der Waals surface area contributed by atoms with Gasteiger partial charge >= 0.3 is 0 Å². The van der Waals surface area contributed by atoms with Crippen molar-refractivity contribution >= 4 is 28.8 Å². The molecule has 0 saturated carbocycles. The molecule has 0 fully saturated rings. The summed E-state index contributed by atoms with van der Waals surface area (Å²) in [6.45, 7) is 10.4. The summed E-state index contributed by atoms with van der Waals surface area (Å²) in [4.78, 5) is 28.6. The van der Waals surface area contributed by atoms with Crippen molar-refractivity contribution in [1.82, 2.24) is 0 Å². The number of anilines is 2. The molecule has 0 aromatic heterocycles. The summed E-state index contributed by atoms with van der Waals surface area (Å²) >= 11 is 0. The van der Waals surface area contributed by atoms with Gasteiger partial charge in [-0.25, -0.2) is 4.90 Å². The second-order valence-corrected chi connectivity index (χ2v) is 8.44. The SMILES string of the molecule is CCOc1ccc(C2=C(Nc3ccc(C)cc3C)C(=O)N(c3cc(C)cc(C)c3)C2=O)cc1. The minimum atomic E-state index is -0.367. The van der Waals surface area contributed by atoms with Gasteiger partial charge in [-0.2, -0.15) is 0 Å². The maximum atomic E-state index is 13.7. The monoisotopic (exact) mass is 440 g/mol. The maximum absolute atomic E-state index is 13.7. The number of rotatable bonds is 6. The highest BCUT2D eigenvalue weighted by Crippen LogP contribution is 2.35. The molecule has 0 bridgehead atoms. The van der Waals surface area contributed by atoms with Crippen LogP contribution in [0.5, 0.6) is 5.75 Å². The molecule has 3 aromatic carbocycles. The van der Waals surface area contributed by atoms with E-state index in [0.717, 1.165) is 27.9 Å². The van der Waals surface area contributed by atoms with E-state index in [0.29, 0.717) is 29.2 Å². The highest BCUT2D eigenvalue weighted by atomic mass is 16.5. The van der Waals surface area contributed by atoms with Crippen molar-refractivity contribution in [3.05, 3.63) is 94.2 Å². The van der Waals surface area contributed by atoms with Crippen LogP contribution in [0.2, 0.25) is 0 Å². The highest BCUT2D eigenvalue weighted by molar-refractivity contribution is 6.46. The third-order valence-corrected chi connectivity index (χ3v) is 5.64. The van der Waals surface area contributed by atoms with Gasteiger partial charge in [0, 0.05) is 5.69 Å². The number of nitrogens with one attached hydrogen (secondary N) is 1. The van der Waals surface area contributed by atoms with E-state index in [1.165, 1.54) is 4.90 Å². The average molecular weight is 441 g/mol. The van der Waals surface area contributed by atoms with Crippen molar-refractivity contribution in [2.24, 2.45) is 0 Å². The molecule has 2 amide bonds. The predicted molar refractivity (Wildman–Crippen MR) is 132 cm³/mol. The predicted octanol–water partition coefficient (Wildman–Crippen LogP) is 5.72. The van der Waals surface area contributed by atoms with Gasteiger partial charge < -0.3 is 10.1 Å². The van der Waals surface area contributed by atoms with E-state index in [1.54, 1.807) is 0 Å². The van der Waals surface area contributed by atoms with E-state index in [1.807, 2.05) is 95.3 Å². The van der Waals surface area contributed by atoms with Gasteiger partial charge in [0.15, 0.2) is 0 Å². The zero-order valence-corrected chi connectivity index (χ0v) is 19.7. The molecule has 5 heteroatoms. The van der Waals surface area contributed by atoms with Gasteiger partial charge in [0.05, 0.1) is 17.9 Å². The van der Waals surface area contributed by atoms with Crippen LogP contribution in [0, 0.1) is 27.7 Å². The summed E-state index contributed by atoms with van der Waals surface area (Å²) in [5, 5.41) is 3.27. The third-order valence-electron chi connectivity index (χ3n) is 5.64. The molecule has 3 aromatic rings. The molecule has 5 nitrogen and oxygen atoms in total. The fourth-order valence-corrected chi connectivity index (χ4v) is 4.20. The molecule has 1 N–H and O–H groups in total. The van der Waals surface area contributed by atoms with Crippen molar-refractivity contribution < 1.29 is 14.3 Å². The number of nitrogens with zero attached hydrogens (tertiary/aromatic N) is 1. The van der Waals surface area contributed by atoms with E-state index in [2.05, 4.69) is 5.32 Å². The van der Waals surface area contributed by atoms with Crippen molar-refractivity contribution in [1.29, 1.82) is 0 Å². The van der Waals surface area contributed by atoms with Gasteiger partial charge in [0.25, 0.3) is 11.8 Å². The number of amides is 2. The van der Waals surface area contributed by atoms with Crippen LogP contribution < -0.4 is 15.0 Å². The van der Waals surface area contributed by atoms with Gasteiger partial charge in [-0.15, -0.1) is 0 Å². The molecule has 1 aliphatic rings. The minimum absolute atomic E-state index is 0.273. The lowest BCUT2D eigenvalue weighted by molar-refractivity contribution is -0.120. The molecule has 0 atom stereocenters. The Morgan fingerprint density at radius 1 is 0.788 bits per heavy atom. The van der Waals surface area contributed by atoms with E-state index in [9.17, 15) is 9.59 Å². The molecule has 0 aliphatic carbocycles. The van der Waals surface area contributed by atoms with Crippen LogP contribution in [0.1, 0.15) is 34.7 Å². The van der Waals surface area contributed by atoms with Crippen LogP contribution in [0.4, 0.5) is 11.4 Å². The van der Waals surface area contributed by atoms with Crippen molar-refractivity contribution in [2.45, 2.75) is 34.6 Å². The van der Waals surface area contributed by atoms with Gasteiger partial charge in [-0.1, -0.05) is 35.9 Å². The number of aryl methyl sites for hydroxylation is 4. The number of imide groups is 1. The topological polar surface area (TPSA) is 58.6 Å². The van der Waals surface area contributed by atoms with Crippen molar-refractivity contribution in [3.8, 4) is 5.75 Å². The summed E-state index contributed by atoms with van der Waals surface area (Å²) in [5.41, 5.74) is 6.76. The lowest BCUT2D eigenvalue weighted by Crippen LogP contribution is -2.32. The van der Waals surface area contributed by atoms with Crippen LogP contribution in [0.3, 0.4) is 0 Å². The van der Waals surface area contributed by atoms with Gasteiger partial charge in [0.2, 0.25) is 0 Å². The molecule has 0 radical (unpaired) electrons. The van der Waals surface area contributed by atoms with E-state index in [4.69, 9.17) is 4.74 Å². The standard InChI is InChI=1S/C28H28N2O3/c1-6-33-23-10-8-21(9-11-23)25-26(29-24-12-7-17(2)14-20(24)5)28(32)30(27(25)31)22-15-18(3)13-19(4)16-22/h7-16,29H,6H2,1-5H3. The Labute approximate surface area is 194 Å². The fraction of sp³-hybridized carbons (Fsp3) is 0.214. The number of hydrogen-bond acceptors (Lipinski definition) is 4. The number of ether oxygens (including phenoxy) is 1. The first kappa shape index (κ1) is 22.3. The normalized spacial score (nSPS) is 13.7. The lowest BCUT2D eigenvalue weighted by atomic mass is 10.0. The second kappa shape index (κ2) is 8.94. The molecule has 0 saturated heterocycles. The summed E-state index contributed by atoms with van der Waals surface area (Å²) in [5.74, 6) is 0.00367. The summed E-state index contributed by atoms with van der Waals surface area (Å²) in [7, 11) is 0. The number of carbonyl (C=O) groups excluding carboxylic acids is 2. The zero-order valence-electron chi connectivity index (χ0n) is 19.7. The lowest BCUT2D eigenvalue weighted by Gasteiger charge is -2.17. The molecule has 1 heterocycles. The Morgan fingerprint density at radius 2 is 1.45 bits per heavy atom. The fourth-order valence-electron chi connectivity index (χ4n) is 4.20. The Balaban J connectivity index is 1.83. The van der Waals surface area contributed by atoms with E-state index < -0.39 is 0 Å². The van der Waals surface area contributed by atoms with Crippen LogP contribution in [-0.4, -0.2) is 18.4 Å². The first-order chi connectivity index (χ1) is 15.8. The molecule has 168 valence electrons. The minimum Gasteiger partial charge on any atom is -0.494 e. The molecule has 0 unspecified atom stereocenters. The summed E-state index contributed by atoms with van der Waals surface area (Å²) in [6, 6.07) is 19.0. The van der Waals surface area contributed by atoms with Crippen molar-refractivity contribution in [3.63, 3.8) is 0 Å². The smallest absolute Gasteiger partial charge is 0.282 e. The Kier molecular flexibility index (Phi) is 6.05. The maximum Gasteiger partial charge on any atom is 0.282 e. The van der Waals surface area contributed by atoms with Gasteiger partial charge in [-0.3, -0.25) is 9.59 Å². The van der Waals surface area contributed by atoms with E-state index >= 15 is 0 Å². The van der Waals surface area contributed by atoms with Crippen molar-refractivity contribution in [2.75, 3.05) is 16.8 Å². The van der Waals surface area contributed by atoms with Crippen LogP contribution >= 0.6 is 0 Å². The highest BCUT2D eigenvalue weighted by Gasteiger charge is 2.40. The van der Waals surface area contributed by atoms with Crippen LogP contribution in [0.25, 0.3) is 5.57 Å². The van der Waals surface area contributed by atoms with E-state index in [-0.39, 0.29) is 17.5 Å². The van der Waals surface area contributed by atoms with Crippen LogP contribution in [0.15, 0.2) is 66.4 Å². The molecule has 0 spiro atoms. The Hall–Kier alpha value is -3.86. The second-order valence-electron chi connectivity index (χ2n) is 8.44. The summed E-state index contributed by atoms with van der Waals surface area (Å²) < 4.78 is 5.54. The van der Waals surface area contributed by atoms with Gasteiger partial charge in [0.1, 0.15) is 11.4 Å². The Bertz CT molecular complexity index is 1250. The van der Waals surface area contributed by atoms with Crippen LogP contribution in [-0.2, 0) is 9.59 Å². The molecule has 1 aliphatic heterocycles. The zero-order chi connectivity index (χ0) is 23.7. The first-order valence-corrected chi connectivity index (χ1v) is 11.1. The molecule has 33 heavy (non-hydrogen) atoms. The molecule has 4 rings (SSSR count). The molecular weight excluding hydrogens is 412 g/mol. The van der Waals surface area contributed by atoms with Gasteiger partial charge in [-0.05, 0) is 87.2 Å². The number of hydrogen-bond donors (Lipinski definition) is 1. The number of benzene rings is 3. The largest absolute Gasteiger partial charge is 0.494 e. The average Bonchev–Trinajstić information content (AvgIpc) is 2.99. The Morgan fingerprint density at radius 3 is 2.06 bits per heavy atom. The quantitative estimate of drug-likeness (QED) is 0.499. The molecular formula is C28H28N2O3.